The van der Waals surface area contributed by atoms with Gasteiger partial charge in [-0.25, -0.2) is 4.98 Å². The first-order valence-corrected chi connectivity index (χ1v) is 10.1. The second-order valence-corrected chi connectivity index (χ2v) is 8.10. The quantitative estimate of drug-likeness (QED) is 0.738. The van der Waals surface area contributed by atoms with Crippen LogP contribution in [0, 0.1) is 11.8 Å². The first-order valence-electron chi connectivity index (χ1n) is 9.22. The third kappa shape index (κ3) is 4.83. The van der Waals surface area contributed by atoms with Crippen LogP contribution in [0.3, 0.4) is 0 Å². The Kier molecular flexibility index (Phi) is 6.06. The van der Waals surface area contributed by atoms with E-state index in [4.69, 9.17) is 0 Å². The topological polar surface area (TPSA) is 53.5 Å². The molecule has 1 aliphatic rings. The monoisotopic (exact) mass is 383 g/mol. The van der Waals surface area contributed by atoms with Crippen LogP contribution in [-0.2, 0) is 9.59 Å². The molecule has 27 heavy (non-hydrogen) atoms. The highest BCUT2D eigenvalue weighted by Crippen LogP contribution is 2.29. The van der Waals surface area contributed by atoms with Crippen LogP contribution in [-0.4, -0.2) is 34.8 Å². The zero-order chi connectivity index (χ0) is 19.4. The Morgan fingerprint density at radius 2 is 1.85 bits per heavy atom. The van der Waals surface area contributed by atoms with Gasteiger partial charge in [0.15, 0.2) is 5.13 Å². The third-order valence-corrected chi connectivity index (χ3v) is 5.45. The predicted molar refractivity (Wildman–Crippen MR) is 110 cm³/mol. The van der Waals surface area contributed by atoms with E-state index in [1.807, 2.05) is 40.6 Å². The molecule has 0 radical (unpaired) electrons. The first kappa shape index (κ1) is 19.3. The summed E-state index contributed by atoms with van der Waals surface area (Å²) in [5, 5.41) is 2.46. The van der Waals surface area contributed by atoms with Gasteiger partial charge in [-0.2, -0.15) is 0 Å². The number of thiazole rings is 1. The molecule has 0 aliphatic carbocycles. The number of likely N-dealkylation sites (tertiary alicyclic amines) is 1. The Labute approximate surface area is 164 Å². The molecule has 3 rings (SSSR count). The summed E-state index contributed by atoms with van der Waals surface area (Å²) in [6.45, 7) is 7.51. The fourth-order valence-electron chi connectivity index (χ4n) is 3.56. The number of aromatic nitrogens is 1. The molecular weight excluding hydrogens is 358 g/mol. The Morgan fingerprint density at radius 1 is 1.19 bits per heavy atom. The Morgan fingerprint density at radius 3 is 2.48 bits per heavy atom. The number of benzene rings is 1. The third-order valence-electron chi connectivity index (χ3n) is 4.61. The SMILES string of the molecule is CC(=O)N(c1ccccc1)c1nc(/C=C/C(=O)N2CC(C)CC(C)C2)cs1. The molecule has 6 heteroatoms. The maximum absolute atomic E-state index is 12.5. The summed E-state index contributed by atoms with van der Waals surface area (Å²) in [7, 11) is 0. The van der Waals surface area contributed by atoms with Gasteiger partial charge in [0.2, 0.25) is 11.8 Å². The van der Waals surface area contributed by atoms with Gasteiger partial charge in [-0.1, -0.05) is 32.0 Å². The van der Waals surface area contributed by atoms with Crippen molar-refractivity contribution in [2.24, 2.45) is 11.8 Å². The van der Waals surface area contributed by atoms with Crippen molar-refractivity contribution >= 4 is 40.0 Å². The fraction of sp³-hybridized carbons (Fsp3) is 0.381. The van der Waals surface area contributed by atoms with Crippen LogP contribution in [0.2, 0.25) is 0 Å². The number of hydrogen-bond donors (Lipinski definition) is 0. The lowest BCUT2D eigenvalue weighted by molar-refractivity contribution is -0.128. The Balaban J connectivity index is 1.72. The van der Waals surface area contributed by atoms with Crippen LogP contribution in [0.4, 0.5) is 10.8 Å². The van der Waals surface area contributed by atoms with Crippen molar-refractivity contribution < 1.29 is 9.59 Å². The van der Waals surface area contributed by atoms with E-state index in [1.165, 1.54) is 24.7 Å². The van der Waals surface area contributed by atoms with Gasteiger partial charge >= 0.3 is 0 Å². The van der Waals surface area contributed by atoms with Gasteiger partial charge < -0.3 is 4.90 Å². The number of nitrogens with zero attached hydrogens (tertiary/aromatic N) is 3. The fourth-order valence-corrected chi connectivity index (χ4v) is 4.42. The van der Waals surface area contributed by atoms with Crippen molar-refractivity contribution in [2.75, 3.05) is 18.0 Å². The molecule has 2 heterocycles. The minimum atomic E-state index is -0.0987. The summed E-state index contributed by atoms with van der Waals surface area (Å²) < 4.78 is 0. The molecule has 5 nitrogen and oxygen atoms in total. The Hall–Kier alpha value is -2.47. The second-order valence-electron chi connectivity index (χ2n) is 7.27. The van der Waals surface area contributed by atoms with Crippen molar-refractivity contribution in [1.82, 2.24) is 9.88 Å². The highest BCUT2D eigenvalue weighted by molar-refractivity contribution is 7.14. The molecule has 0 N–H and O–H groups in total. The minimum absolute atomic E-state index is 0.0226. The van der Waals surface area contributed by atoms with Crippen molar-refractivity contribution in [3.05, 3.63) is 47.5 Å². The number of anilines is 2. The van der Waals surface area contributed by atoms with E-state index in [0.717, 1.165) is 18.8 Å². The molecular formula is C21H25N3O2S. The zero-order valence-corrected chi connectivity index (χ0v) is 16.8. The van der Waals surface area contributed by atoms with Crippen LogP contribution < -0.4 is 4.90 Å². The van der Waals surface area contributed by atoms with Crippen molar-refractivity contribution in [3.63, 3.8) is 0 Å². The van der Waals surface area contributed by atoms with Gasteiger partial charge in [0.05, 0.1) is 11.4 Å². The molecule has 0 spiro atoms. The maximum Gasteiger partial charge on any atom is 0.246 e. The van der Waals surface area contributed by atoms with E-state index in [9.17, 15) is 9.59 Å². The van der Waals surface area contributed by atoms with Crippen LogP contribution in [0.1, 0.15) is 32.9 Å². The molecule has 2 amide bonds. The molecule has 1 fully saturated rings. The largest absolute Gasteiger partial charge is 0.339 e. The van der Waals surface area contributed by atoms with Crippen LogP contribution >= 0.6 is 11.3 Å². The number of carbonyl (C=O) groups is 2. The van der Waals surface area contributed by atoms with Crippen molar-refractivity contribution in [3.8, 4) is 0 Å². The normalized spacial score (nSPS) is 20.0. The van der Waals surface area contributed by atoms with Gasteiger partial charge in [-0.05, 0) is 36.5 Å². The summed E-state index contributed by atoms with van der Waals surface area (Å²) in [5.74, 6) is 0.992. The number of piperidine rings is 1. The smallest absolute Gasteiger partial charge is 0.246 e. The minimum Gasteiger partial charge on any atom is -0.339 e. The predicted octanol–water partition coefficient (Wildman–Crippen LogP) is 4.35. The van der Waals surface area contributed by atoms with E-state index in [-0.39, 0.29) is 11.8 Å². The lowest BCUT2D eigenvalue weighted by Crippen LogP contribution is -2.41. The lowest BCUT2D eigenvalue weighted by atomic mass is 9.92. The zero-order valence-electron chi connectivity index (χ0n) is 16.0. The molecule has 2 atom stereocenters. The summed E-state index contributed by atoms with van der Waals surface area (Å²) in [6, 6.07) is 9.44. The highest BCUT2D eigenvalue weighted by Gasteiger charge is 2.24. The molecule has 0 saturated carbocycles. The standard InChI is InChI=1S/C21H25N3O2S/c1-15-11-16(2)13-23(12-15)20(26)10-9-18-14-27-21(22-18)24(17(3)25)19-7-5-4-6-8-19/h4-10,14-16H,11-13H2,1-3H3/b10-9+. The summed E-state index contributed by atoms with van der Waals surface area (Å²) >= 11 is 1.39. The first-order chi connectivity index (χ1) is 12.9. The van der Waals surface area contributed by atoms with E-state index < -0.39 is 0 Å². The number of para-hydroxylation sites is 1. The van der Waals surface area contributed by atoms with Gasteiger partial charge in [0.25, 0.3) is 0 Å². The van der Waals surface area contributed by atoms with E-state index >= 15 is 0 Å². The van der Waals surface area contributed by atoms with Crippen molar-refractivity contribution in [2.45, 2.75) is 27.2 Å². The van der Waals surface area contributed by atoms with E-state index in [0.29, 0.717) is 22.7 Å². The second kappa shape index (κ2) is 8.48. The molecule has 1 aromatic carbocycles. The van der Waals surface area contributed by atoms with Gasteiger partial charge in [-0.3, -0.25) is 14.5 Å². The molecule has 2 unspecified atom stereocenters. The number of amides is 2. The van der Waals surface area contributed by atoms with Crippen LogP contribution in [0.5, 0.6) is 0 Å². The Bertz CT molecular complexity index is 821. The van der Waals surface area contributed by atoms with Crippen molar-refractivity contribution in [1.29, 1.82) is 0 Å². The summed E-state index contributed by atoms with van der Waals surface area (Å²) in [4.78, 5) is 32.6. The van der Waals surface area contributed by atoms with Gasteiger partial charge in [0, 0.05) is 31.5 Å². The average Bonchev–Trinajstić information content (AvgIpc) is 3.08. The number of carbonyl (C=O) groups excluding carboxylic acids is 2. The maximum atomic E-state index is 12.5. The van der Waals surface area contributed by atoms with Crippen LogP contribution in [0.15, 0.2) is 41.8 Å². The molecule has 142 valence electrons. The van der Waals surface area contributed by atoms with Gasteiger partial charge in [-0.15, -0.1) is 11.3 Å². The molecule has 1 saturated heterocycles. The van der Waals surface area contributed by atoms with E-state index in [1.54, 1.807) is 17.1 Å². The molecule has 1 aromatic heterocycles. The van der Waals surface area contributed by atoms with E-state index in [2.05, 4.69) is 18.8 Å². The van der Waals surface area contributed by atoms with Crippen LogP contribution in [0.25, 0.3) is 6.08 Å². The summed E-state index contributed by atoms with van der Waals surface area (Å²) in [5.41, 5.74) is 1.46. The highest BCUT2D eigenvalue weighted by atomic mass is 32.1. The molecule has 0 bridgehead atoms. The number of hydrogen-bond acceptors (Lipinski definition) is 4. The lowest BCUT2D eigenvalue weighted by Gasteiger charge is -2.34. The van der Waals surface area contributed by atoms with Gasteiger partial charge in [0.1, 0.15) is 0 Å². The number of rotatable bonds is 4. The summed E-state index contributed by atoms with van der Waals surface area (Å²) in [6.07, 6.45) is 4.49. The average molecular weight is 384 g/mol. The molecule has 1 aliphatic heterocycles. The molecule has 2 aromatic rings.